The van der Waals surface area contributed by atoms with E-state index in [4.69, 9.17) is 32.3 Å². The van der Waals surface area contributed by atoms with E-state index in [2.05, 4.69) is 118 Å². The highest BCUT2D eigenvalue weighted by atomic mass is 31.2. The van der Waals surface area contributed by atoms with Crippen molar-refractivity contribution < 1.29 is 75.8 Å². The molecule has 16 nitrogen and oxygen atoms in total. The lowest BCUT2D eigenvalue weighted by Crippen LogP contribution is -2.30. The van der Waals surface area contributed by atoms with E-state index < -0.39 is 91.5 Å². The third-order valence-electron chi connectivity index (χ3n) is 14.8. The molecule has 0 amide bonds. The summed E-state index contributed by atoms with van der Waals surface area (Å²) in [6.45, 7) is 2.51. The Kier molecular flexibility index (Phi) is 63.9. The summed E-state index contributed by atoms with van der Waals surface area (Å²) in [6.07, 6.45) is 73.2. The highest BCUT2D eigenvalue weighted by Crippen LogP contribution is 2.45. The Morgan fingerprint density at radius 1 is 0.319 bits per heavy atom. The topological polar surface area (TPSA) is 231 Å². The van der Waals surface area contributed by atoms with Gasteiger partial charge in [-0.05, 0) is 103 Å². The van der Waals surface area contributed by atoms with E-state index in [0.717, 1.165) is 141 Å². The molecule has 0 saturated heterocycles. The fourth-order valence-electron chi connectivity index (χ4n) is 9.37. The predicted octanol–water partition coefficient (Wildman–Crippen LogP) is 19.9. The monoisotopic (exact) mass is 1320 g/mol. The van der Waals surface area contributed by atoms with Crippen LogP contribution in [-0.2, 0) is 55.8 Å². The van der Waals surface area contributed by atoms with Crippen molar-refractivity contribution in [2.24, 2.45) is 0 Å². The van der Waals surface area contributed by atoms with Gasteiger partial charge in [-0.2, -0.15) is 0 Å². The molecule has 0 spiro atoms. The predicted molar refractivity (Wildman–Crippen MR) is 371 cm³/mol. The largest absolute Gasteiger partial charge is 0.472 e. The number of rotatable bonds is 67. The Morgan fingerprint density at radius 2 is 0.582 bits per heavy atom. The van der Waals surface area contributed by atoms with Crippen LogP contribution in [-0.4, -0.2) is 95.9 Å². The quantitative estimate of drug-likeness (QED) is 0.0146. The van der Waals surface area contributed by atoms with Crippen molar-refractivity contribution in [3.05, 3.63) is 97.2 Å². The van der Waals surface area contributed by atoms with Crippen molar-refractivity contribution in [3.8, 4) is 0 Å². The third-order valence-corrected chi connectivity index (χ3v) is 16.7. The van der Waals surface area contributed by atoms with Gasteiger partial charge in [-0.3, -0.25) is 32.5 Å². The summed E-state index contributed by atoms with van der Waals surface area (Å²) in [5.74, 6) is -1.59. The second-order valence-electron chi connectivity index (χ2n) is 23.7. The van der Waals surface area contributed by atoms with Gasteiger partial charge < -0.3 is 34.2 Å². The molecule has 5 atom stereocenters. The van der Waals surface area contributed by atoms with Gasteiger partial charge in [0.25, 0.3) is 0 Å². The normalized spacial score (nSPS) is 14.8. The summed E-state index contributed by atoms with van der Waals surface area (Å²) in [5.41, 5.74) is 0. The number of phosphoric ester groups is 2. The number of phosphoric acid groups is 2. The number of carbonyl (C=O) groups excluding carboxylic acids is 3. The van der Waals surface area contributed by atoms with Crippen LogP contribution in [0.3, 0.4) is 0 Å². The van der Waals surface area contributed by atoms with Crippen LogP contribution in [0.4, 0.5) is 0 Å². The third kappa shape index (κ3) is 67.7. The van der Waals surface area contributed by atoms with E-state index in [1.54, 1.807) is 0 Å². The van der Waals surface area contributed by atoms with E-state index >= 15 is 0 Å². The number of hydrogen-bond acceptors (Lipinski definition) is 14. The van der Waals surface area contributed by atoms with E-state index in [-0.39, 0.29) is 19.3 Å². The molecule has 0 aromatic carbocycles. The van der Waals surface area contributed by atoms with Gasteiger partial charge in [-0.25, -0.2) is 9.13 Å². The highest BCUT2D eigenvalue weighted by Gasteiger charge is 2.29. The number of unbranched alkanes of at least 4 members (excludes halogenated alkanes) is 28. The van der Waals surface area contributed by atoms with E-state index in [1.807, 2.05) is 0 Å². The number of aliphatic hydroxyl groups is 2. The second kappa shape index (κ2) is 66.5. The summed E-state index contributed by atoms with van der Waals surface area (Å²) in [7, 11) is -9.77. The minimum absolute atomic E-state index is 0.103. The number of carbonyl (C=O) groups is 3. The van der Waals surface area contributed by atoms with Gasteiger partial charge in [0.05, 0.1) is 26.4 Å². The van der Waals surface area contributed by atoms with Crippen molar-refractivity contribution in [1.29, 1.82) is 0 Å². The first-order chi connectivity index (χ1) is 44.2. The van der Waals surface area contributed by atoms with Crippen molar-refractivity contribution in [2.75, 3.05) is 39.6 Å². The Balaban J connectivity index is 4.52. The summed E-state index contributed by atoms with van der Waals surface area (Å²) < 4.78 is 60.9. The molecule has 4 N–H and O–H groups in total. The van der Waals surface area contributed by atoms with Gasteiger partial charge in [-0.1, -0.05) is 266 Å². The van der Waals surface area contributed by atoms with Gasteiger partial charge in [0, 0.05) is 19.3 Å². The molecule has 91 heavy (non-hydrogen) atoms. The smallest absolute Gasteiger partial charge is 0.463 e. The molecule has 0 rings (SSSR count). The van der Waals surface area contributed by atoms with Crippen molar-refractivity contribution in [1.82, 2.24) is 0 Å². The standard InChI is InChI=1S/C73H128O16P2/c1-4-7-10-13-16-19-22-24-26-28-30-31-32-33-34-35-37-39-40-42-45-47-50-53-56-59-71(76)83-62-68(74)63-85-90(79,80)86-64-69(75)65-87-91(81,82)88-67-70(89-73(78)61-58-55-52-49-44-21-18-15-12-9-6-3)66-84-72(77)60-57-54-51-48-46-43-41-38-36-29-27-25-23-20-17-14-11-8-5-2/h8,11,16-17,19-20,24-27,30-31,33-34,36,38,68-70,74-75H,4-7,9-10,12-15,18,21-23,28-29,32,35,37,39-67H2,1-3H3,(H,79,80)(H,81,82)/b11-8-,19-16-,20-17-,26-24-,27-25-,31-30-,34-33-,38-36-. The van der Waals surface area contributed by atoms with Gasteiger partial charge in [-0.15, -0.1) is 0 Å². The van der Waals surface area contributed by atoms with Gasteiger partial charge >= 0.3 is 33.6 Å². The first-order valence-corrected chi connectivity index (χ1v) is 38.5. The Labute approximate surface area is 552 Å². The van der Waals surface area contributed by atoms with Gasteiger partial charge in [0.1, 0.15) is 25.4 Å². The lowest BCUT2D eigenvalue weighted by molar-refractivity contribution is -0.161. The molecule has 0 aliphatic carbocycles. The molecular formula is C73H128O16P2. The fourth-order valence-corrected chi connectivity index (χ4v) is 11.0. The molecule has 18 heteroatoms. The van der Waals surface area contributed by atoms with Gasteiger partial charge in [0.2, 0.25) is 0 Å². The van der Waals surface area contributed by atoms with Crippen molar-refractivity contribution in [2.45, 2.75) is 309 Å². The van der Waals surface area contributed by atoms with Crippen LogP contribution in [0.1, 0.15) is 290 Å². The fraction of sp³-hybridized carbons (Fsp3) is 0.740. The Morgan fingerprint density at radius 3 is 0.945 bits per heavy atom. The minimum Gasteiger partial charge on any atom is -0.463 e. The van der Waals surface area contributed by atoms with Crippen LogP contribution in [0.2, 0.25) is 0 Å². The van der Waals surface area contributed by atoms with Crippen LogP contribution in [0.15, 0.2) is 97.2 Å². The van der Waals surface area contributed by atoms with Gasteiger partial charge in [0.15, 0.2) is 6.10 Å². The molecule has 0 heterocycles. The average molecular weight is 1320 g/mol. The maximum Gasteiger partial charge on any atom is 0.472 e. The molecular weight excluding hydrogens is 1190 g/mol. The zero-order valence-electron chi connectivity index (χ0n) is 57.0. The van der Waals surface area contributed by atoms with Crippen LogP contribution in [0.5, 0.6) is 0 Å². The number of hydrogen-bond donors (Lipinski definition) is 4. The number of esters is 3. The molecule has 0 fully saturated rings. The molecule has 5 unspecified atom stereocenters. The zero-order chi connectivity index (χ0) is 66.7. The molecule has 0 aliphatic rings. The Bertz CT molecular complexity index is 2050. The van der Waals surface area contributed by atoms with E-state index in [9.17, 15) is 43.5 Å². The van der Waals surface area contributed by atoms with Crippen molar-refractivity contribution in [3.63, 3.8) is 0 Å². The van der Waals surface area contributed by atoms with E-state index in [1.165, 1.54) is 89.9 Å². The van der Waals surface area contributed by atoms with Crippen LogP contribution in [0.25, 0.3) is 0 Å². The maximum atomic E-state index is 12.9. The maximum absolute atomic E-state index is 12.9. The summed E-state index contributed by atoms with van der Waals surface area (Å²) in [6, 6.07) is 0. The average Bonchev–Trinajstić information content (AvgIpc) is 3.70. The Hall–Kier alpha value is -3.53. The molecule has 0 aromatic rings. The molecule has 0 saturated carbocycles. The summed E-state index contributed by atoms with van der Waals surface area (Å²) in [5, 5.41) is 20.6. The molecule has 0 aromatic heterocycles. The van der Waals surface area contributed by atoms with Crippen LogP contribution >= 0.6 is 15.6 Å². The summed E-state index contributed by atoms with van der Waals surface area (Å²) >= 11 is 0. The SMILES string of the molecule is CC/C=C\C/C=C\C/C=C\C/C=C\CCCCCCCCC(=O)OCC(COP(=O)(O)OCC(O)COP(=O)(O)OCC(O)COC(=O)CCCCCCCCCCC/C=C\C/C=C\C/C=C\C/C=C\CCCCC)OC(=O)CCCCCCCCCCCCC. The molecule has 0 radical (unpaired) electrons. The molecule has 526 valence electrons. The highest BCUT2D eigenvalue weighted by molar-refractivity contribution is 7.47. The lowest BCUT2D eigenvalue weighted by Gasteiger charge is -2.21. The minimum atomic E-state index is -4.92. The summed E-state index contributed by atoms with van der Waals surface area (Å²) in [4.78, 5) is 58.4. The van der Waals surface area contributed by atoms with Crippen LogP contribution < -0.4 is 0 Å². The van der Waals surface area contributed by atoms with Crippen LogP contribution in [0, 0.1) is 0 Å². The lowest BCUT2D eigenvalue weighted by atomic mass is 10.1. The molecule has 0 bridgehead atoms. The number of allylic oxidation sites excluding steroid dienone is 16. The first kappa shape index (κ1) is 87.5. The van der Waals surface area contributed by atoms with Crippen molar-refractivity contribution >= 4 is 33.6 Å². The zero-order valence-corrected chi connectivity index (χ0v) is 58.8. The number of ether oxygens (including phenoxy) is 3. The first-order valence-electron chi connectivity index (χ1n) is 35.5. The van der Waals surface area contributed by atoms with E-state index in [0.29, 0.717) is 19.3 Å². The second-order valence-corrected chi connectivity index (χ2v) is 26.6. The molecule has 0 aliphatic heterocycles. The number of aliphatic hydroxyl groups excluding tert-OH is 2.